The Hall–Kier alpha value is -2.28. The molecule has 108 valence electrons. The van der Waals surface area contributed by atoms with Crippen LogP contribution in [0.15, 0.2) is 40.0 Å². The normalized spacial score (nSPS) is 11.0. The highest BCUT2D eigenvalue weighted by atomic mass is 32.2. The summed E-state index contributed by atoms with van der Waals surface area (Å²) in [5, 5.41) is 7.37. The molecule has 0 spiro atoms. The fourth-order valence-corrected chi connectivity index (χ4v) is 2.87. The number of amides is 1. The maximum absolute atomic E-state index is 11.9. The lowest BCUT2D eigenvalue weighted by Gasteiger charge is -1.98. The van der Waals surface area contributed by atoms with Crippen molar-refractivity contribution in [1.29, 1.82) is 0 Å². The number of aromatic nitrogens is 3. The van der Waals surface area contributed by atoms with Gasteiger partial charge in [-0.15, -0.1) is 0 Å². The van der Waals surface area contributed by atoms with Gasteiger partial charge in [0.2, 0.25) is 5.91 Å². The lowest BCUT2D eigenvalue weighted by molar-refractivity contribution is -0.683. The highest BCUT2D eigenvalue weighted by Gasteiger charge is 2.17. The summed E-state index contributed by atoms with van der Waals surface area (Å²) in [5.74, 6) is 1.29. The minimum Gasteiger partial charge on any atom is -0.360 e. The lowest BCUT2D eigenvalue weighted by atomic mass is 10.3. The molecule has 2 heterocycles. The topological polar surface area (TPSA) is 74.8 Å². The Bertz CT molecular complexity index is 793. The van der Waals surface area contributed by atoms with Crippen LogP contribution >= 0.6 is 11.8 Å². The van der Waals surface area contributed by atoms with Crippen LogP contribution in [0.2, 0.25) is 0 Å². The molecule has 0 atom stereocenters. The van der Waals surface area contributed by atoms with Crippen LogP contribution in [-0.2, 0) is 11.8 Å². The summed E-state index contributed by atoms with van der Waals surface area (Å²) in [6.45, 7) is 1.78. The van der Waals surface area contributed by atoms with E-state index in [0.717, 1.165) is 16.2 Å². The molecule has 0 unspecified atom stereocenters. The number of nitrogens with one attached hydrogen (secondary N) is 2. The van der Waals surface area contributed by atoms with Gasteiger partial charge in [0.1, 0.15) is 5.76 Å². The van der Waals surface area contributed by atoms with Crippen LogP contribution < -0.4 is 9.88 Å². The van der Waals surface area contributed by atoms with Gasteiger partial charge >= 0.3 is 5.16 Å². The van der Waals surface area contributed by atoms with Gasteiger partial charge in [-0.25, -0.2) is 9.55 Å². The number of benzene rings is 1. The van der Waals surface area contributed by atoms with Crippen molar-refractivity contribution in [3.05, 3.63) is 36.1 Å². The van der Waals surface area contributed by atoms with Crippen molar-refractivity contribution in [1.82, 2.24) is 10.1 Å². The average Bonchev–Trinajstić information content (AvgIpc) is 3.01. The van der Waals surface area contributed by atoms with E-state index < -0.39 is 0 Å². The number of rotatable bonds is 4. The summed E-state index contributed by atoms with van der Waals surface area (Å²) in [5.41, 5.74) is 2.16. The fourth-order valence-electron chi connectivity index (χ4n) is 2.05. The van der Waals surface area contributed by atoms with Crippen LogP contribution in [0.5, 0.6) is 0 Å². The number of carbonyl (C=O) groups is 1. The molecule has 2 N–H and O–H groups in total. The molecule has 3 rings (SSSR count). The second-order valence-electron chi connectivity index (χ2n) is 4.67. The third-order valence-electron chi connectivity index (χ3n) is 3.05. The Balaban J connectivity index is 1.66. The SMILES string of the molecule is Cc1cc(NC(=O)CSc2[nH]c3ccccc3[n+]2C)no1. The van der Waals surface area contributed by atoms with E-state index in [1.165, 1.54) is 11.8 Å². The number of imidazole rings is 1. The van der Waals surface area contributed by atoms with E-state index in [2.05, 4.69) is 15.5 Å². The lowest BCUT2D eigenvalue weighted by Crippen LogP contribution is -2.29. The standard InChI is InChI=1S/C14H14N4O2S/c1-9-7-12(17-20-9)16-13(19)8-21-14-15-10-5-3-4-6-11(10)18(14)2/h3-7H,8H2,1-2H3,(H,16,17,19)/p+1. The van der Waals surface area contributed by atoms with Crippen molar-refractivity contribution in [2.75, 3.05) is 11.1 Å². The zero-order chi connectivity index (χ0) is 14.8. The molecular weight excluding hydrogens is 288 g/mol. The number of fused-ring (bicyclic) bond motifs is 1. The van der Waals surface area contributed by atoms with E-state index in [-0.39, 0.29) is 5.91 Å². The van der Waals surface area contributed by atoms with Crippen LogP contribution in [0.4, 0.5) is 5.82 Å². The zero-order valence-corrected chi connectivity index (χ0v) is 12.5. The molecule has 0 aliphatic rings. The number of H-pyrrole nitrogens is 1. The molecule has 0 radical (unpaired) electrons. The fraction of sp³-hybridized carbons (Fsp3) is 0.214. The second kappa shape index (κ2) is 5.61. The predicted molar refractivity (Wildman–Crippen MR) is 80.1 cm³/mol. The molecule has 1 aromatic carbocycles. The van der Waals surface area contributed by atoms with Crippen molar-refractivity contribution in [3.63, 3.8) is 0 Å². The van der Waals surface area contributed by atoms with E-state index in [0.29, 0.717) is 17.3 Å². The Morgan fingerprint density at radius 1 is 1.48 bits per heavy atom. The number of aromatic amines is 1. The van der Waals surface area contributed by atoms with Gasteiger partial charge in [0.15, 0.2) is 16.9 Å². The van der Waals surface area contributed by atoms with Gasteiger partial charge < -0.3 is 9.84 Å². The molecule has 21 heavy (non-hydrogen) atoms. The summed E-state index contributed by atoms with van der Waals surface area (Å²) in [6, 6.07) is 9.70. The molecule has 6 nitrogen and oxygen atoms in total. The molecule has 0 saturated heterocycles. The molecule has 0 fully saturated rings. The maximum atomic E-state index is 11.9. The molecule has 7 heteroatoms. The third-order valence-corrected chi connectivity index (χ3v) is 4.10. The summed E-state index contributed by atoms with van der Waals surface area (Å²) in [4.78, 5) is 15.2. The Morgan fingerprint density at radius 2 is 2.29 bits per heavy atom. The molecular formula is C14H15N4O2S+. The minimum atomic E-state index is -0.119. The number of thioether (sulfide) groups is 1. The number of hydrogen-bond acceptors (Lipinski definition) is 4. The van der Waals surface area contributed by atoms with Gasteiger partial charge in [-0.3, -0.25) is 4.79 Å². The van der Waals surface area contributed by atoms with Crippen molar-refractivity contribution in [2.24, 2.45) is 7.05 Å². The third kappa shape index (κ3) is 2.92. The van der Waals surface area contributed by atoms with Crippen LogP contribution in [0.3, 0.4) is 0 Å². The number of carbonyl (C=O) groups excluding carboxylic acids is 1. The van der Waals surface area contributed by atoms with E-state index in [1.807, 2.05) is 35.9 Å². The van der Waals surface area contributed by atoms with Crippen molar-refractivity contribution in [2.45, 2.75) is 12.1 Å². The number of nitrogens with zero attached hydrogens (tertiary/aromatic N) is 2. The van der Waals surface area contributed by atoms with Crippen LogP contribution in [-0.4, -0.2) is 21.8 Å². The van der Waals surface area contributed by atoms with Crippen LogP contribution in [0.25, 0.3) is 11.0 Å². The van der Waals surface area contributed by atoms with E-state index >= 15 is 0 Å². The highest BCUT2D eigenvalue weighted by Crippen LogP contribution is 2.17. The quantitative estimate of drug-likeness (QED) is 0.571. The number of hydrogen-bond donors (Lipinski definition) is 2. The van der Waals surface area contributed by atoms with Gasteiger partial charge in [0, 0.05) is 6.07 Å². The number of para-hydroxylation sites is 2. The Labute approximate surface area is 125 Å². The minimum absolute atomic E-state index is 0.119. The Kier molecular flexibility index (Phi) is 3.66. The molecule has 3 aromatic rings. The van der Waals surface area contributed by atoms with Gasteiger partial charge in [-0.2, -0.15) is 0 Å². The predicted octanol–water partition coefficient (Wildman–Crippen LogP) is 2.02. The first-order valence-electron chi connectivity index (χ1n) is 6.46. The summed E-state index contributed by atoms with van der Waals surface area (Å²) >= 11 is 1.44. The molecule has 0 bridgehead atoms. The first-order valence-corrected chi connectivity index (χ1v) is 7.45. The van der Waals surface area contributed by atoms with E-state index in [4.69, 9.17) is 4.52 Å². The van der Waals surface area contributed by atoms with Gasteiger partial charge in [0.25, 0.3) is 0 Å². The molecule has 0 aliphatic heterocycles. The second-order valence-corrected chi connectivity index (χ2v) is 5.63. The van der Waals surface area contributed by atoms with E-state index in [1.54, 1.807) is 13.0 Å². The smallest absolute Gasteiger partial charge is 0.317 e. The summed E-state index contributed by atoms with van der Waals surface area (Å²) in [6.07, 6.45) is 0. The first kappa shape index (κ1) is 13.7. The number of aryl methyl sites for hydroxylation is 2. The van der Waals surface area contributed by atoms with Crippen LogP contribution in [0.1, 0.15) is 5.76 Å². The summed E-state index contributed by atoms with van der Waals surface area (Å²) in [7, 11) is 1.97. The molecule has 1 amide bonds. The monoisotopic (exact) mass is 303 g/mol. The average molecular weight is 303 g/mol. The highest BCUT2D eigenvalue weighted by molar-refractivity contribution is 7.99. The molecule has 0 saturated carbocycles. The van der Waals surface area contributed by atoms with Crippen molar-refractivity contribution in [3.8, 4) is 0 Å². The van der Waals surface area contributed by atoms with Gasteiger partial charge in [-0.05, 0) is 30.8 Å². The first-order chi connectivity index (χ1) is 10.1. The molecule has 2 aromatic heterocycles. The number of anilines is 1. The maximum Gasteiger partial charge on any atom is 0.317 e. The Morgan fingerprint density at radius 3 is 3.00 bits per heavy atom. The summed E-state index contributed by atoms with van der Waals surface area (Å²) < 4.78 is 6.94. The van der Waals surface area contributed by atoms with Crippen molar-refractivity contribution >= 4 is 34.5 Å². The molecule has 0 aliphatic carbocycles. The van der Waals surface area contributed by atoms with Gasteiger partial charge in [0.05, 0.1) is 12.8 Å². The van der Waals surface area contributed by atoms with Gasteiger partial charge in [-0.1, -0.05) is 17.3 Å². The zero-order valence-electron chi connectivity index (χ0n) is 11.7. The van der Waals surface area contributed by atoms with E-state index in [9.17, 15) is 4.79 Å². The largest absolute Gasteiger partial charge is 0.360 e. The van der Waals surface area contributed by atoms with Crippen LogP contribution in [0, 0.1) is 6.92 Å². The van der Waals surface area contributed by atoms with Crippen molar-refractivity contribution < 1.29 is 13.9 Å².